The third-order valence-corrected chi connectivity index (χ3v) is 4.88. The molecular formula is C23H18N2. The van der Waals surface area contributed by atoms with Crippen LogP contribution in [0.5, 0.6) is 0 Å². The predicted octanol–water partition coefficient (Wildman–Crippen LogP) is 6.18. The molecule has 4 aromatic rings. The van der Waals surface area contributed by atoms with Crippen molar-refractivity contribution in [1.82, 2.24) is 0 Å². The lowest BCUT2D eigenvalue weighted by molar-refractivity contribution is 1.16. The monoisotopic (exact) mass is 322 g/mol. The van der Waals surface area contributed by atoms with Gasteiger partial charge in [0.1, 0.15) is 0 Å². The normalized spacial score (nSPS) is 12.5. The van der Waals surface area contributed by atoms with Gasteiger partial charge in [0.2, 0.25) is 0 Å². The third-order valence-electron chi connectivity index (χ3n) is 4.88. The summed E-state index contributed by atoms with van der Waals surface area (Å²) in [5.74, 6) is 0. The van der Waals surface area contributed by atoms with Gasteiger partial charge in [-0.15, -0.1) is 0 Å². The van der Waals surface area contributed by atoms with Gasteiger partial charge in [0, 0.05) is 17.8 Å². The van der Waals surface area contributed by atoms with E-state index < -0.39 is 0 Å². The zero-order chi connectivity index (χ0) is 16.6. The average Bonchev–Trinajstić information content (AvgIpc) is 2.74. The Bertz CT molecular complexity index is 1080. The molecule has 2 N–H and O–H groups in total. The van der Waals surface area contributed by atoms with E-state index in [9.17, 15) is 0 Å². The number of benzene rings is 4. The fourth-order valence-electron chi connectivity index (χ4n) is 3.67. The van der Waals surface area contributed by atoms with Crippen LogP contribution in [0.1, 0.15) is 5.56 Å². The van der Waals surface area contributed by atoms with Gasteiger partial charge in [-0.2, -0.15) is 0 Å². The van der Waals surface area contributed by atoms with Crippen molar-refractivity contribution < 1.29 is 0 Å². The molecule has 1 aliphatic heterocycles. The molecule has 0 radical (unpaired) electrons. The molecular weight excluding hydrogens is 304 g/mol. The summed E-state index contributed by atoms with van der Waals surface area (Å²) in [7, 11) is 0. The molecule has 0 amide bonds. The lowest BCUT2D eigenvalue weighted by Crippen LogP contribution is -2.01. The summed E-state index contributed by atoms with van der Waals surface area (Å²) in [4.78, 5) is 0. The van der Waals surface area contributed by atoms with Gasteiger partial charge in [-0.05, 0) is 40.1 Å². The number of hydrogen-bond acceptors (Lipinski definition) is 2. The van der Waals surface area contributed by atoms with Gasteiger partial charge in [0.15, 0.2) is 0 Å². The number of para-hydroxylation sites is 3. The van der Waals surface area contributed by atoms with Crippen molar-refractivity contribution in [1.29, 1.82) is 0 Å². The van der Waals surface area contributed by atoms with Crippen LogP contribution in [0.2, 0.25) is 0 Å². The average molecular weight is 322 g/mol. The topological polar surface area (TPSA) is 24.1 Å². The van der Waals surface area contributed by atoms with E-state index in [1.54, 1.807) is 0 Å². The second kappa shape index (κ2) is 5.67. The fourth-order valence-corrected chi connectivity index (χ4v) is 3.67. The van der Waals surface area contributed by atoms with Crippen LogP contribution < -0.4 is 10.6 Å². The Labute approximate surface area is 147 Å². The third kappa shape index (κ3) is 2.34. The van der Waals surface area contributed by atoms with Crippen molar-refractivity contribution in [2.45, 2.75) is 6.54 Å². The summed E-state index contributed by atoms with van der Waals surface area (Å²) >= 11 is 0. The van der Waals surface area contributed by atoms with Crippen molar-refractivity contribution >= 4 is 27.8 Å². The van der Waals surface area contributed by atoms with Gasteiger partial charge in [0.05, 0.1) is 11.4 Å². The van der Waals surface area contributed by atoms with Gasteiger partial charge in [0.25, 0.3) is 0 Å². The van der Waals surface area contributed by atoms with E-state index >= 15 is 0 Å². The zero-order valence-corrected chi connectivity index (χ0v) is 13.8. The van der Waals surface area contributed by atoms with Crippen molar-refractivity contribution in [3.8, 4) is 11.1 Å². The van der Waals surface area contributed by atoms with E-state index in [-0.39, 0.29) is 0 Å². The van der Waals surface area contributed by atoms with Crippen LogP contribution in [-0.2, 0) is 6.54 Å². The smallest absolute Gasteiger partial charge is 0.0620 e. The first-order chi connectivity index (χ1) is 12.4. The molecule has 1 aliphatic rings. The molecule has 5 rings (SSSR count). The maximum Gasteiger partial charge on any atom is 0.0620 e. The van der Waals surface area contributed by atoms with Crippen LogP contribution in [0.3, 0.4) is 0 Å². The van der Waals surface area contributed by atoms with Crippen LogP contribution in [-0.4, -0.2) is 0 Å². The fraction of sp³-hybridized carbons (Fsp3) is 0.0435. The number of rotatable bonds is 0. The van der Waals surface area contributed by atoms with Crippen molar-refractivity contribution in [2.75, 3.05) is 10.6 Å². The van der Waals surface area contributed by atoms with Gasteiger partial charge in [-0.25, -0.2) is 0 Å². The quantitative estimate of drug-likeness (QED) is 0.404. The molecule has 4 aromatic carbocycles. The van der Waals surface area contributed by atoms with Crippen LogP contribution in [0.25, 0.3) is 21.9 Å². The molecule has 0 saturated heterocycles. The zero-order valence-electron chi connectivity index (χ0n) is 13.8. The lowest BCUT2D eigenvalue weighted by atomic mass is 9.92. The van der Waals surface area contributed by atoms with Crippen molar-refractivity contribution in [3.05, 3.63) is 90.5 Å². The highest BCUT2D eigenvalue weighted by molar-refractivity contribution is 6.02. The van der Waals surface area contributed by atoms with E-state index in [2.05, 4.69) is 95.6 Å². The molecule has 0 aromatic heterocycles. The second-order valence-corrected chi connectivity index (χ2v) is 6.39. The van der Waals surface area contributed by atoms with E-state index in [0.29, 0.717) is 0 Å². The number of hydrogen-bond donors (Lipinski definition) is 2. The van der Waals surface area contributed by atoms with Crippen LogP contribution in [0.4, 0.5) is 17.1 Å². The van der Waals surface area contributed by atoms with E-state index in [4.69, 9.17) is 0 Å². The highest BCUT2D eigenvalue weighted by Crippen LogP contribution is 2.40. The second-order valence-electron chi connectivity index (χ2n) is 6.39. The Hall–Kier alpha value is -3.26. The minimum absolute atomic E-state index is 0.799. The molecule has 25 heavy (non-hydrogen) atoms. The standard InChI is InChI=1S/C23H18N2/c1-2-8-18-16(7-1)13-14-17-15-24-21-11-5-6-12-22(21)25-20-10-4-3-9-19(20)23(17)18/h1-14,24-25H,15H2. The molecule has 0 atom stereocenters. The Balaban J connectivity index is 1.84. The first-order valence-corrected chi connectivity index (χ1v) is 8.60. The molecule has 120 valence electrons. The number of nitrogens with one attached hydrogen (secondary N) is 2. The summed E-state index contributed by atoms with van der Waals surface area (Å²) in [5.41, 5.74) is 7.22. The van der Waals surface area contributed by atoms with E-state index in [0.717, 1.165) is 23.6 Å². The predicted molar refractivity (Wildman–Crippen MR) is 106 cm³/mol. The highest BCUT2D eigenvalue weighted by atomic mass is 15.0. The van der Waals surface area contributed by atoms with Crippen molar-refractivity contribution in [2.24, 2.45) is 0 Å². The van der Waals surface area contributed by atoms with Crippen molar-refractivity contribution in [3.63, 3.8) is 0 Å². The van der Waals surface area contributed by atoms with Gasteiger partial charge >= 0.3 is 0 Å². The highest BCUT2D eigenvalue weighted by Gasteiger charge is 2.16. The first kappa shape index (κ1) is 14.1. The Morgan fingerprint density at radius 1 is 0.600 bits per heavy atom. The molecule has 0 fully saturated rings. The molecule has 0 bridgehead atoms. The Kier molecular flexibility index (Phi) is 3.20. The molecule has 0 unspecified atom stereocenters. The molecule has 0 spiro atoms. The summed E-state index contributed by atoms with van der Waals surface area (Å²) < 4.78 is 0. The summed E-state index contributed by atoms with van der Waals surface area (Å²) in [6.07, 6.45) is 0. The minimum atomic E-state index is 0.799. The first-order valence-electron chi connectivity index (χ1n) is 8.60. The van der Waals surface area contributed by atoms with Crippen LogP contribution in [0, 0.1) is 0 Å². The Morgan fingerprint density at radius 2 is 1.32 bits per heavy atom. The van der Waals surface area contributed by atoms with Gasteiger partial charge in [-0.1, -0.05) is 66.7 Å². The number of fused-ring (bicyclic) bond motifs is 6. The SMILES string of the molecule is c1ccc2c(c1)NCc1ccc3ccccc3c1-c1ccccc1N2. The maximum absolute atomic E-state index is 3.63. The lowest BCUT2D eigenvalue weighted by Gasteiger charge is -2.16. The Morgan fingerprint density at radius 3 is 2.24 bits per heavy atom. The van der Waals surface area contributed by atoms with Gasteiger partial charge < -0.3 is 10.6 Å². The molecule has 0 aliphatic carbocycles. The maximum atomic E-state index is 3.63. The summed E-state index contributed by atoms with van der Waals surface area (Å²) in [6, 6.07) is 30.0. The molecule has 2 nitrogen and oxygen atoms in total. The summed E-state index contributed by atoms with van der Waals surface area (Å²) in [6.45, 7) is 0.799. The summed E-state index contributed by atoms with van der Waals surface area (Å²) in [5, 5.41) is 9.79. The largest absolute Gasteiger partial charge is 0.379 e. The van der Waals surface area contributed by atoms with Crippen LogP contribution in [0.15, 0.2) is 84.9 Å². The van der Waals surface area contributed by atoms with Crippen LogP contribution >= 0.6 is 0 Å². The van der Waals surface area contributed by atoms with Gasteiger partial charge in [-0.3, -0.25) is 0 Å². The number of anilines is 3. The molecule has 1 heterocycles. The van der Waals surface area contributed by atoms with E-state index in [1.165, 1.54) is 27.5 Å². The minimum Gasteiger partial charge on any atom is -0.379 e. The van der Waals surface area contributed by atoms with E-state index in [1.807, 2.05) is 0 Å². The molecule has 0 saturated carbocycles. The molecule has 2 heteroatoms.